The monoisotopic (exact) mass is 483 g/mol. The van der Waals surface area contributed by atoms with Crippen molar-refractivity contribution in [1.29, 1.82) is 0 Å². The molecule has 182 valence electrons. The fraction of sp³-hybridized carbons (Fsp3) is 0.222. The number of pyridine rings is 2. The van der Waals surface area contributed by atoms with E-state index in [2.05, 4.69) is 20.6 Å². The average Bonchev–Trinajstić information content (AvgIpc) is 3.28. The van der Waals surface area contributed by atoms with E-state index < -0.39 is 11.7 Å². The van der Waals surface area contributed by atoms with E-state index >= 15 is 0 Å². The molecule has 0 saturated carbocycles. The molecule has 2 aromatic carbocycles. The van der Waals surface area contributed by atoms with E-state index in [1.807, 2.05) is 55.4 Å². The van der Waals surface area contributed by atoms with Gasteiger partial charge < -0.3 is 10.2 Å². The maximum atomic E-state index is 14.9. The average molecular weight is 484 g/mol. The van der Waals surface area contributed by atoms with Crippen molar-refractivity contribution in [2.24, 2.45) is 0 Å². The Kier molecular flexibility index (Phi) is 6.64. The number of nitrogens with one attached hydrogen (secondary N) is 1. The van der Waals surface area contributed by atoms with Crippen LogP contribution in [0.1, 0.15) is 22.3 Å². The van der Waals surface area contributed by atoms with Gasteiger partial charge in [-0.25, -0.2) is 14.1 Å². The normalized spacial score (nSPS) is 11.4. The van der Waals surface area contributed by atoms with Gasteiger partial charge in [-0.1, -0.05) is 35.5 Å². The number of hydrogen-bond donors (Lipinski definition) is 1. The molecule has 0 unspecified atom stereocenters. The van der Waals surface area contributed by atoms with Crippen LogP contribution in [0.4, 0.5) is 4.39 Å². The third-order valence-corrected chi connectivity index (χ3v) is 5.97. The standard InChI is InChI=1S/C27H26FN7O/c1-34(2)15-5-14-30-27(36)21-10-9-19(16-22(21)28)23-11-12-24-26(31-23)35(33-32-24)17-20-7-3-6-18-8-4-13-29-25(18)20/h3-4,6-13,16H,5,14-15,17H2,1-2H3,(H,30,36). The van der Waals surface area contributed by atoms with Gasteiger partial charge in [-0.3, -0.25) is 9.78 Å². The number of nitrogens with zero attached hydrogens (tertiary/aromatic N) is 6. The highest BCUT2D eigenvalue weighted by atomic mass is 19.1. The fourth-order valence-corrected chi connectivity index (χ4v) is 4.13. The molecule has 0 fully saturated rings. The molecule has 0 bridgehead atoms. The molecule has 9 heteroatoms. The van der Waals surface area contributed by atoms with Crippen molar-refractivity contribution in [2.75, 3.05) is 27.2 Å². The SMILES string of the molecule is CN(C)CCCNC(=O)c1ccc(-c2ccc3nnn(Cc4cccc5cccnc45)c3n2)cc1F. The Morgan fingerprint density at radius 2 is 1.94 bits per heavy atom. The van der Waals surface area contributed by atoms with Gasteiger partial charge >= 0.3 is 0 Å². The number of aromatic nitrogens is 5. The van der Waals surface area contributed by atoms with Crippen LogP contribution in [-0.4, -0.2) is 63.0 Å². The minimum absolute atomic E-state index is 0.0137. The van der Waals surface area contributed by atoms with Crippen molar-refractivity contribution in [3.05, 3.63) is 83.8 Å². The number of fused-ring (bicyclic) bond motifs is 2. The molecule has 0 aliphatic heterocycles. The Labute approximate surface area is 207 Å². The molecule has 1 amide bonds. The minimum atomic E-state index is -0.590. The Balaban J connectivity index is 1.39. The first kappa shape index (κ1) is 23.5. The molecule has 1 N–H and O–H groups in total. The maximum Gasteiger partial charge on any atom is 0.254 e. The Bertz CT molecular complexity index is 1540. The quantitative estimate of drug-likeness (QED) is 0.337. The summed E-state index contributed by atoms with van der Waals surface area (Å²) in [4.78, 5) is 23.7. The second-order valence-corrected chi connectivity index (χ2v) is 8.89. The molecule has 3 heterocycles. The van der Waals surface area contributed by atoms with E-state index in [0.717, 1.165) is 29.4 Å². The highest BCUT2D eigenvalue weighted by molar-refractivity contribution is 5.95. The second-order valence-electron chi connectivity index (χ2n) is 8.89. The summed E-state index contributed by atoms with van der Waals surface area (Å²) in [6, 6.07) is 18.1. The second kappa shape index (κ2) is 10.2. The van der Waals surface area contributed by atoms with E-state index in [9.17, 15) is 9.18 Å². The molecule has 0 spiro atoms. The Morgan fingerprint density at radius 3 is 2.78 bits per heavy atom. The number of halogens is 1. The fourth-order valence-electron chi connectivity index (χ4n) is 4.13. The van der Waals surface area contributed by atoms with Crippen LogP contribution in [0.25, 0.3) is 33.3 Å². The van der Waals surface area contributed by atoms with Crippen molar-refractivity contribution in [1.82, 2.24) is 35.2 Å². The number of para-hydroxylation sites is 1. The molecule has 36 heavy (non-hydrogen) atoms. The zero-order valence-electron chi connectivity index (χ0n) is 20.1. The van der Waals surface area contributed by atoms with Gasteiger partial charge in [-0.05, 0) is 63.0 Å². The van der Waals surface area contributed by atoms with Crippen LogP contribution in [0.2, 0.25) is 0 Å². The lowest BCUT2D eigenvalue weighted by Gasteiger charge is -2.11. The van der Waals surface area contributed by atoms with Gasteiger partial charge in [0.1, 0.15) is 11.3 Å². The summed E-state index contributed by atoms with van der Waals surface area (Å²) >= 11 is 0. The molecule has 0 saturated heterocycles. The van der Waals surface area contributed by atoms with E-state index in [0.29, 0.717) is 35.5 Å². The van der Waals surface area contributed by atoms with Crippen molar-refractivity contribution in [3.8, 4) is 11.3 Å². The molecule has 5 rings (SSSR count). The zero-order valence-corrected chi connectivity index (χ0v) is 20.1. The molecule has 0 aliphatic carbocycles. The van der Waals surface area contributed by atoms with Crippen LogP contribution < -0.4 is 5.32 Å². The van der Waals surface area contributed by atoms with Gasteiger partial charge in [-0.2, -0.15) is 0 Å². The highest BCUT2D eigenvalue weighted by Crippen LogP contribution is 2.24. The lowest BCUT2D eigenvalue weighted by molar-refractivity contribution is 0.0948. The molecule has 5 aromatic rings. The van der Waals surface area contributed by atoms with Crippen molar-refractivity contribution < 1.29 is 9.18 Å². The lowest BCUT2D eigenvalue weighted by atomic mass is 10.1. The van der Waals surface area contributed by atoms with Gasteiger partial charge in [-0.15, -0.1) is 5.10 Å². The van der Waals surface area contributed by atoms with E-state index in [1.165, 1.54) is 12.1 Å². The van der Waals surface area contributed by atoms with Crippen LogP contribution >= 0.6 is 0 Å². The number of benzene rings is 2. The topological polar surface area (TPSA) is 88.8 Å². The maximum absolute atomic E-state index is 14.9. The zero-order chi connectivity index (χ0) is 25.1. The minimum Gasteiger partial charge on any atom is -0.352 e. The summed E-state index contributed by atoms with van der Waals surface area (Å²) in [5.74, 6) is -1.01. The largest absolute Gasteiger partial charge is 0.352 e. The third kappa shape index (κ3) is 4.92. The molecule has 8 nitrogen and oxygen atoms in total. The summed E-state index contributed by atoms with van der Waals surface area (Å²) in [7, 11) is 3.94. The summed E-state index contributed by atoms with van der Waals surface area (Å²) in [6.45, 7) is 1.78. The smallest absolute Gasteiger partial charge is 0.254 e. The molecule has 3 aromatic heterocycles. The van der Waals surface area contributed by atoms with Gasteiger partial charge in [0.15, 0.2) is 5.65 Å². The van der Waals surface area contributed by atoms with Crippen molar-refractivity contribution >= 4 is 28.0 Å². The molecular weight excluding hydrogens is 457 g/mol. The van der Waals surface area contributed by atoms with Crippen molar-refractivity contribution in [3.63, 3.8) is 0 Å². The van der Waals surface area contributed by atoms with Gasteiger partial charge in [0.2, 0.25) is 0 Å². The number of carbonyl (C=O) groups excluding carboxylic acids is 1. The number of carbonyl (C=O) groups is 1. The first-order valence-electron chi connectivity index (χ1n) is 11.8. The first-order valence-corrected chi connectivity index (χ1v) is 11.8. The van der Waals surface area contributed by atoms with E-state index in [1.54, 1.807) is 23.0 Å². The molecule has 0 atom stereocenters. The Hall–Kier alpha value is -4.24. The number of rotatable bonds is 8. The number of amides is 1. The van der Waals surface area contributed by atoms with E-state index in [4.69, 9.17) is 4.98 Å². The molecule has 0 radical (unpaired) electrons. The Morgan fingerprint density at radius 1 is 1.08 bits per heavy atom. The van der Waals surface area contributed by atoms with Gasteiger partial charge in [0, 0.05) is 23.7 Å². The van der Waals surface area contributed by atoms with Crippen LogP contribution in [-0.2, 0) is 6.54 Å². The predicted octanol–water partition coefficient (Wildman–Crippen LogP) is 3.91. The predicted molar refractivity (Wildman–Crippen MR) is 137 cm³/mol. The van der Waals surface area contributed by atoms with Crippen LogP contribution in [0.5, 0.6) is 0 Å². The summed E-state index contributed by atoms with van der Waals surface area (Å²) < 4.78 is 16.6. The van der Waals surface area contributed by atoms with Crippen molar-refractivity contribution in [2.45, 2.75) is 13.0 Å². The van der Waals surface area contributed by atoms with Gasteiger partial charge in [0.25, 0.3) is 5.91 Å². The van der Waals surface area contributed by atoms with E-state index in [-0.39, 0.29) is 5.56 Å². The van der Waals surface area contributed by atoms with Crippen LogP contribution in [0.15, 0.2) is 66.9 Å². The lowest BCUT2D eigenvalue weighted by Crippen LogP contribution is -2.27. The summed E-state index contributed by atoms with van der Waals surface area (Å²) in [5.41, 5.74) is 4.28. The highest BCUT2D eigenvalue weighted by Gasteiger charge is 2.15. The van der Waals surface area contributed by atoms with Gasteiger partial charge in [0.05, 0.1) is 23.3 Å². The first-order chi connectivity index (χ1) is 17.5. The summed E-state index contributed by atoms with van der Waals surface area (Å²) in [6.07, 6.45) is 2.56. The third-order valence-electron chi connectivity index (χ3n) is 5.97. The molecule has 0 aliphatic rings. The van der Waals surface area contributed by atoms with Crippen LogP contribution in [0.3, 0.4) is 0 Å². The number of hydrogen-bond acceptors (Lipinski definition) is 6. The molecular formula is C27H26FN7O. The summed E-state index contributed by atoms with van der Waals surface area (Å²) in [5, 5.41) is 12.3. The van der Waals surface area contributed by atoms with Crippen LogP contribution in [0, 0.1) is 5.82 Å².